The Morgan fingerprint density at radius 2 is 2.25 bits per heavy atom. The van der Waals surface area contributed by atoms with Gasteiger partial charge in [0, 0.05) is 23.0 Å². The summed E-state index contributed by atoms with van der Waals surface area (Å²) in [6.45, 7) is 3.61. The van der Waals surface area contributed by atoms with Crippen LogP contribution >= 0.6 is 22.9 Å². The summed E-state index contributed by atoms with van der Waals surface area (Å²) in [4.78, 5) is 1.30. The minimum atomic E-state index is -0.547. The van der Waals surface area contributed by atoms with E-state index in [9.17, 15) is 5.11 Å². The number of thiophene rings is 1. The average molecular weight is 312 g/mol. The van der Waals surface area contributed by atoms with Gasteiger partial charge in [0.1, 0.15) is 18.5 Å². The number of aliphatic hydroxyl groups is 1. The topological polar surface area (TPSA) is 41.5 Å². The summed E-state index contributed by atoms with van der Waals surface area (Å²) in [5, 5.41) is 15.8. The van der Waals surface area contributed by atoms with Crippen LogP contribution in [-0.2, 0) is 6.54 Å². The molecule has 2 aromatic rings. The van der Waals surface area contributed by atoms with E-state index in [1.54, 1.807) is 23.5 Å². The summed E-state index contributed by atoms with van der Waals surface area (Å²) < 4.78 is 5.49. The van der Waals surface area contributed by atoms with Gasteiger partial charge >= 0.3 is 0 Å². The molecule has 20 heavy (non-hydrogen) atoms. The highest BCUT2D eigenvalue weighted by Gasteiger charge is 2.06. The summed E-state index contributed by atoms with van der Waals surface area (Å²) in [7, 11) is 0. The predicted molar refractivity (Wildman–Crippen MR) is 83.7 cm³/mol. The van der Waals surface area contributed by atoms with Crippen LogP contribution in [0.25, 0.3) is 0 Å². The molecule has 1 atom stereocenters. The van der Waals surface area contributed by atoms with Crippen molar-refractivity contribution < 1.29 is 9.84 Å². The first-order chi connectivity index (χ1) is 9.65. The van der Waals surface area contributed by atoms with Gasteiger partial charge in [0.25, 0.3) is 0 Å². The Morgan fingerprint density at radius 3 is 2.95 bits per heavy atom. The van der Waals surface area contributed by atoms with E-state index in [2.05, 4.69) is 23.7 Å². The highest BCUT2D eigenvalue weighted by Crippen LogP contribution is 2.17. The molecule has 1 unspecified atom stereocenters. The van der Waals surface area contributed by atoms with E-state index in [4.69, 9.17) is 16.3 Å². The van der Waals surface area contributed by atoms with Crippen LogP contribution in [0.4, 0.5) is 0 Å². The summed E-state index contributed by atoms with van der Waals surface area (Å²) in [6, 6.07) is 9.26. The van der Waals surface area contributed by atoms with E-state index in [0.717, 1.165) is 6.54 Å². The molecule has 0 aliphatic rings. The number of halogens is 1. The number of aliphatic hydroxyl groups excluding tert-OH is 1. The lowest BCUT2D eigenvalue weighted by Gasteiger charge is -2.13. The molecule has 0 saturated heterocycles. The molecule has 0 fully saturated rings. The average Bonchev–Trinajstić information content (AvgIpc) is 2.82. The quantitative estimate of drug-likeness (QED) is 0.825. The molecule has 1 aromatic heterocycles. The van der Waals surface area contributed by atoms with E-state index in [1.165, 1.54) is 10.4 Å². The number of ether oxygens (including phenoxy) is 1. The second-order valence-electron chi connectivity index (χ2n) is 4.58. The third kappa shape index (κ3) is 4.80. The second kappa shape index (κ2) is 7.64. The number of benzene rings is 1. The van der Waals surface area contributed by atoms with Crippen molar-refractivity contribution in [1.82, 2.24) is 5.32 Å². The molecule has 0 aliphatic heterocycles. The van der Waals surface area contributed by atoms with E-state index in [-0.39, 0.29) is 6.61 Å². The van der Waals surface area contributed by atoms with Crippen molar-refractivity contribution >= 4 is 22.9 Å². The molecular formula is C15H18ClNO2S. The molecule has 108 valence electrons. The zero-order chi connectivity index (χ0) is 14.4. The van der Waals surface area contributed by atoms with Crippen molar-refractivity contribution in [1.29, 1.82) is 0 Å². The Balaban J connectivity index is 1.68. The molecule has 3 nitrogen and oxygen atoms in total. The van der Waals surface area contributed by atoms with Gasteiger partial charge in [-0.3, -0.25) is 0 Å². The van der Waals surface area contributed by atoms with Gasteiger partial charge in [-0.2, -0.15) is 0 Å². The molecule has 0 spiro atoms. The van der Waals surface area contributed by atoms with Gasteiger partial charge in [0.2, 0.25) is 0 Å². The summed E-state index contributed by atoms with van der Waals surface area (Å²) in [6.07, 6.45) is -0.547. The standard InChI is InChI=1S/C15H18ClNO2S/c1-11-5-6-20-15(11)9-17-8-13(18)10-19-14-4-2-3-12(16)7-14/h2-7,13,17-18H,8-10H2,1H3. The molecule has 0 aliphatic carbocycles. The van der Waals surface area contributed by atoms with E-state index in [1.807, 2.05) is 12.1 Å². The number of rotatable bonds is 7. The van der Waals surface area contributed by atoms with Crippen molar-refractivity contribution in [3.8, 4) is 5.75 Å². The fraction of sp³-hybridized carbons (Fsp3) is 0.333. The third-order valence-electron chi connectivity index (χ3n) is 2.87. The van der Waals surface area contributed by atoms with E-state index in [0.29, 0.717) is 17.3 Å². The van der Waals surface area contributed by atoms with Gasteiger partial charge in [-0.05, 0) is 42.1 Å². The van der Waals surface area contributed by atoms with E-state index >= 15 is 0 Å². The van der Waals surface area contributed by atoms with Gasteiger partial charge in [0.15, 0.2) is 0 Å². The van der Waals surface area contributed by atoms with Gasteiger partial charge in [-0.1, -0.05) is 17.7 Å². The maximum atomic E-state index is 9.86. The number of aryl methyl sites for hydroxylation is 1. The first-order valence-corrected chi connectivity index (χ1v) is 7.71. The van der Waals surface area contributed by atoms with Crippen LogP contribution in [0.15, 0.2) is 35.7 Å². The van der Waals surface area contributed by atoms with E-state index < -0.39 is 6.10 Å². The molecule has 0 saturated carbocycles. The van der Waals surface area contributed by atoms with Gasteiger partial charge in [0.05, 0.1) is 0 Å². The van der Waals surface area contributed by atoms with Crippen LogP contribution < -0.4 is 10.1 Å². The SMILES string of the molecule is Cc1ccsc1CNCC(O)COc1cccc(Cl)c1. The monoisotopic (exact) mass is 311 g/mol. The van der Waals surface area contributed by atoms with Crippen LogP contribution in [0.5, 0.6) is 5.75 Å². The Morgan fingerprint density at radius 1 is 1.40 bits per heavy atom. The first kappa shape index (κ1) is 15.3. The van der Waals surface area contributed by atoms with Crippen molar-refractivity contribution in [2.24, 2.45) is 0 Å². The number of nitrogens with one attached hydrogen (secondary N) is 1. The molecule has 0 radical (unpaired) electrons. The van der Waals surface area contributed by atoms with Crippen LogP contribution in [0, 0.1) is 6.92 Å². The molecule has 5 heteroatoms. The third-order valence-corrected chi connectivity index (χ3v) is 4.13. The number of hydrogen-bond donors (Lipinski definition) is 2. The number of hydrogen-bond acceptors (Lipinski definition) is 4. The Kier molecular flexibility index (Phi) is 5.86. The van der Waals surface area contributed by atoms with Crippen LogP contribution in [-0.4, -0.2) is 24.4 Å². The van der Waals surface area contributed by atoms with Crippen molar-refractivity contribution in [3.63, 3.8) is 0 Å². The highest BCUT2D eigenvalue weighted by atomic mass is 35.5. The summed E-state index contributed by atoms with van der Waals surface area (Å²) in [5.74, 6) is 0.672. The van der Waals surface area contributed by atoms with Crippen LogP contribution in [0.3, 0.4) is 0 Å². The van der Waals surface area contributed by atoms with Crippen molar-refractivity contribution in [3.05, 3.63) is 51.2 Å². The lowest BCUT2D eigenvalue weighted by molar-refractivity contribution is 0.106. The highest BCUT2D eigenvalue weighted by molar-refractivity contribution is 7.10. The summed E-state index contributed by atoms with van der Waals surface area (Å²) in [5.41, 5.74) is 1.28. The largest absolute Gasteiger partial charge is 0.491 e. The maximum absolute atomic E-state index is 9.86. The Labute approximate surface area is 128 Å². The molecule has 1 heterocycles. The van der Waals surface area contributed by atoms with Gasteiger partial charge < -0.3 is 15.2 Å². The maximum Gasteiger partial charge on any atom is 0.120 e. The first-order valence-electron chi connectivity index (χ1n) is 6.45. The molecule has 2 N–H and O–H groups in total. The molecule has 0 amide bonds. The van der Waals surface area contributed by atoms with Gasteiger partial charge in [-0.25, -0.2) is 0 Å². The second-order valence-corrected chi connectivity index (χ2v) is 6.02. The lowest BCUT2D eigenvalue weighted by atomic mass is 10.3. The fourth-order valence-corrected chi connectivity index (χ4v) is 2.80. The predicted octanol–water partition coefficient (Wildman–Crippen LogP) is 3.24. The lowest BCUT2D eigenvalue weighted by Crippen LogP contribution is -2.31. The Hall–Kier alpha value is -1.07. The van der Waals surface area contributed by atoms with Crippen LogP contribution in [0.2, 0.25) is 5.02 Å². The molecule has 0 bridgehead atoms. The van der Waals surface area contributed by atoms with Crippen molar-refractivity contribution in [2.45, 2.75) is 19.6 Å². The fourth-order valence-electron chi connectivity index (χ4n) is 1.75. The molecular weight excluding hydrogens is 294 g/mol. The minimum absolute atomic E-state index is 0.247. The summed E-state index contributed by atoms with van der Waals surface area (Å²) >= 11 is 7.58. The zero-order valence-electron chi connectivity index (χ0n) is 11.3. The normalized spacial score (nSPS) is 12.3. The van der Waals surface area contributed by atoms with Crippen molar-refractivity contribution in [2.75, 3.05) is 13.2 Å². The molecule has 2 rings (SSSR count). The Bertz CT molecular complexity index is 544. The minimum Gasteiger partial charge on any atom is -0.491 e. The smallest absolute Gasteiger partial charge is 0.120 e. The zero-order valence-corrected chi connectivity index (χ0v) is 12.9. The molecule has 1 aromatic carbocycles. The van der Waals surface area contributed by atoms with Gasteiger partial charge in [-0.15, -0.1) is 11.3 Å². The van der Waals surface area contributed by atoms with Crippen LogP contribution in [0.1, 0.15) is 10.4 Å².